The first-order valence-corrected chi connectivity index (χ1v) is 13.2. The van der Waals surface area contributed by atoms with E-state index in [1.54, 1.807) is 18.2 Å². The first-order chi connectivity index (χ1) is 16.9. The maximum Gasteiger partial charge on any atom is 0.266 e. The van der Waals surface area contributed by atoms with Crippen LogP contribution in [-0.2, 0) is 11.4 Å². The standard InChI is InChI=1S/C27H16Cl2I2N2O2/c28-21-6-3-7-24(25(21)29)33-27(34)20(14-32)11-17-12-22(30)26(23(31)13-17)35-15-16-8-9-18-4-1-2-5-19(18)10-16/h1-13H,15H2,(H,33,34)/b20-11-. The molecule has 4 rings (SSSR count). The van der Waals surface area contributed by atoms with E-state index in [2.05, 4.69) is 80.8 Å². The minimum atomic E-state index is -0.571. The molecule has 0 spiro atoms. The Morgan fingerprint density at radius 1 is 0.971 bits per heavy atom. The molecule has 0 aromatic heterocycles. The van der Waals surface area contributed by atoms with Crippen molar-refractivity contribution in [3.63, 3.8) is 0 Å². The molecular formula is C27H16Cl2I2N2O2. The number of nitrogens with one attached hydrogen (secondary N) is 1. The fourth-order valence-corrected chi connectivity index (χ4v) is 5.87. The van der Waals surface area contributed by atoms with Gasteiger partial charge in [-0.3, -0.25) is 4.79 Å². The number of hydrogen-bond acceptors (Lipinski definition) is 3. The molecule has 4 nitrogen and oxygen atoms in total. The van der Waals surface area contributed by atoms with Crippen LogP contribution in [0, 0.1) is 18.5 Å². The second kappa shape index (κ2) is 11.6. The van der Waals surface area contributed by atoms with E-state index in [1.165, 1.54) is 16.8 Å². The van der Waals surface area contributed by atoms with Crippen LogP contribution in [0.2, 0.25) is 10.0 Å². The number of nitrogens with zero attached hydrogens (tertiary/aromatic N) is 1. The van der Waals surface area contributed by atoms with Crippen molar-refractivity contribution in [3.8, 4) is 11.8 Å². The number of anilines is 1. The zero-order chi connectivity index (χ0) is 24.9. The summed E-state index contributed by atoms with van der Waals surface area (Å²) in [6.07, 6.45) is 1.53. The normalized spacial score (nSPS) is 11.2. The highest BCUT2D eigenvalue weighted by atomic mass is 127. The molecule has 0 heterocycles. The van der Waals surface area contributed by atoms with Gasteiger partial charge in [-0.2, -0.15) is 5.26 Å². The molecule has 0 saturated heterocycles. The molecule has 8 heteroatoms. The van der Waals surface area contributed by atoms with E-state index in [-0.39, 0.29) is 10.6 Å². The molecule has 0 aliphatic heterocycles. The van der Waals surface area contributed by atoms with E-state index >= 15 is 0 Å². The molecule has 4 aromatic rings. The molecule has 4 aromatic carbocycles. The molecule has 0 fully saturated rings. The highest BCUT2D eigenvalue weighted by Crippen LogP contribution is 2.32. The lowest BCUT2D eigenvalue weighted by Gasteiger charge is -2.12. The molecule has 1 N–H and O–H groups in total. The van der Waals surface area contributed by atoms with Crippen molar-refractivity contribution in [2.45, 2.75) is 6.61 Å². The number of carbonyl (C=O) groups excluding carboxylic acids is 1. The van der Waals surface area contributed by atoms with Crippen LogP contribution in [0.25, 0.3) is 16.8 Å². The summed E-state index contributed by atoms with van der Waals surface area (Å²) in [6, 6.07) is 25.1. The van der Waals surface area contributed by atoms with Crippen molar-refractivity contribution in [2.24, 2.45) is 0 Å². The monoisotopic (exact) mass is 724 g/mol. The first-order valence-electron chi connectivity index (χ1n) is 10.3. The van der Waals surface area contributed by atoms with Gasteiger partial charge in [0.2, 0.25) is 0 Å². The second-order valence-corrected chi connectivity index (χ2v) is 10.6. The Labute approximate surface area is 240 Å². The van der Waals surface area contributed by atoms with Crippen LogP contribution in [0.4, 0.5) is 5.69 Å². The molecule has 0 aliphatic rings. The van der Waals surface area contributed by atoms with E-state index < -0.39 is 5.91 Å². The number of nitriles is 1. The van der Waals surface area contributed by atoms with Gasteiger partial charge in [-0.05, 0) is 103 Å². The Balaban J connectivity index is 1.51. The molecule has 0 aliphatic carbocycles. The van der Waals surface area contributed by atoms with Gasteiger partial charge in [0.25, 0.3) is 5.91 Å². The predicted molar refractivity (Wildman–Crippen MR) is 159 cm³/mol. The van der Waals surface area contributed by atoms with E-state index in [1.807, 2.05) is 30.3 Å². The fourth-order valence-electron chi connectivity index (χ4n) is 3.39. The van der Waals surface area contributed by atoms with E-state index in [4.69, 9.17) is 27.9 Å². The predicted octanol–water partition coefficient (Wildman–Crippen LogP) is 8.48. The van der Waals surface area contributed by atoms with E-state index in [9.17, 15) is 10.1 Å². The maximum atomic E-state index is 12.7. The van der Waals surface area contributed by atoms with Crippen molar-refractivity contribution in [3.05, 3.63) is 107 Å². The highest BCUT2D eigenvalue weighted by Gasteiger charge is 2.15. The quantitative estimate of drug-likeness (QED) is 0.123. The molecule has 1 amide bonds. The van der Waals surface area contributed by atoms with Gasteiger partial charge in [0, 0.05) is 0 Å². The van der Waals surface area contributed by atoms with Gasteiger partial charge in [0.1, 0.15) is 24.0 Å². The van der Waals surface area contributed by atoms with Gasteiger partial charge in [-0.15, -0.1) is 0 Å². The van der Waals surface area contributed by atoms with Gasteiger partial charge in [-0.1, -0.05) is 65.7 Å². The smallest absolute Gasteiger partial charge is 0.266 e. The second-order valence-electron chi connectivity index (χ2n) is 7.51. The number of benzene rings is 4. The molecular weight excluding hydrogens is 709 g/mol. The molecule has 174 valence electrons. The van der Waals surface area contributed by atoms with Crippen LogP contribution in [0.5, 0.6) is 5.75 Å². The summed E-state index contributed by atoms with van der Waals surface area (Å²) in [5.74, 6) is 0.184. The van der Waals surface area contributed by atoms with Gasteiger partial charge in [0.05, 0.1) is 22.9 Å². The lowest BCUT2D eigenvalue weighted by molar-refractivity contribution is -0.112. The number of rotatable bonds is 6. The maximum absolute atomic E-state index is 12.7. The summed E-state index contributed by atoms with van der Waals surface area (Å²) in [6.45, 7) is 0.429. The summed E-state index contributed by atoms with van der Waals surface area (Å²) in [5.41, 5.74) is 2.06. The molecule has 35 heavy (non-hydrogen) atoms. The van der Waals surface area contributed by atoms with Crippen molar-refractivity contribution >= 4 is 96.8 Å². The zero-order valence-electron chi connectivity index (χ0n) is 18.0. The Morgan fingerprint density at radius 2 is 1.69 bits per heavy atom. The SMILES string of the molecule is N#C/C(=C/c1cc(I)c(OCc2ccc3ccccc3c2)c(I)c1)C(=O)Nc1cccc(Cl)c1Cl. The van der Waals surface area contributed by atoms with Gasteiger partial charge < -0.3 is 10.1 Å². The van der Waals surface area contributed by atoms with Crippen LogP contribution in [0.15, 0.2) is 78.4 Å². The highest BCUT2D eigenvalue weighted by molar-refractivity contribution is 14.1. The average molecular weight is 725 g/mol. The number of fused-ring (bicyclic) bond motifs is 1. The minimum absolute atomic E-state index is 0.0579. The molecule has 0 atom stereocenters. The summed E-state index contributed by atoms with van der Waals surface area (Å²) in [5, 5.41) is 15.1. The van der Waals surface area contributed by atoms with Gasteiger partial charge in [0.15, 0.2) is 0 Å². The minimum Gasteiger partial charge on any atom is -0.487 e. The molecule has 0 unspecified atom stereocenters. The number of amides is 1. The third-order valence-corrected chi connectivity index (χ3v) is 7.52. The third-order valence-electron chi connectivity index (χ3n) is 5.09. The Kier molecular flexibility index (Phi) is 8.55. The topological polar surface area (TPSA) is 62.1 Å². The molecule has 0 saturated carbocycles. The number of halogens is 4. The Bertz CT molecular complexity index is 1490. The number of hydrogen-bond donors (Lipinski definition) is 1. The molecule has 0 bridgehead atoms. The summed E-state index contributed by atoms with van der Waals surface area (Å²) in [7, 11) is 0. The van der Waals surface area contributed by atoms with Crippen molar-refractivity contribution in [1.29, 1.82) is 5.26 Å². The van der Waals surface area contributed by atoms with E-state index in [0.717, 1.165) is 18.5 Å². The Morgan fingerprint density at radius 3 is 2.40 bits per heavy atom. The van der Waals surface area contributed by atoms with Gasteiger partial charge in [-0.25, -0.2) is 0 Å². The summed E-state index contributed by atoms with van der Waals surface area (Å²) >= 11 is 16.5. The third kappa shape index (κ3) is 6.28. The lowest BCUT2D eigenvalue weighted by atomic mass is 10.1. The zero-order valence-corrected chi connectivity index (χ0v) is 23.8. The van der Waals surface area contributed by atoms with E-state index in [0.29, 0.717) is 22.9 Å². The lowest BCUT2D eigenvalue weighted by Crippen LogP contribution is -2.13. The van der Waals surface area contributed by atoms with Crippen LogP contribution in [0.1, 0.15) is 11.1 Å². The Hall–Kier alpha value is -2.32. The summed E-state index contributed by atoms with van der Waals surface area (Å²) < 4.78 is 7.88. The van der Waals surface area contributed by atoms with Crippen LogP contribution >= 0.6 is 68.4 Å². The molecule has 0 radical (unpaired) electrons. The largest absolute Gasteiger partial charge is 0.487 e. The first kappa shape index (κ1) is 25.8. The van der Waals surface area contributed by atoms with Crippen LogP contribution < -0.4 is 10.1 Å². The number of ether oxygens (including phenoxy) is 1. The summed E-state index contributed by atoms with van der Waals surface area (Å²) in [4.78, 5) is 12.7. The number of carbonyl (C=O) groups is 1. The van der Waals surface area contributed by atoms with Crippen LogP contribution in [0.3, 0.4) is 0 Å². The van der Waals surface area contributed by atoms with Gasteiger partial charge >= 0.3 is 0 Å². The van der Waals surface area contributed by atoms with Crippen molar-refractivity contribution < 1.29 is 9.53 Å². The van der Waals surface area contributed by atoms with Crippen molar-refractivity contribution in [1.82, 2.24) is 0 Å². The average Bonchev–Trinajstić information content (AvgIpc) is 2.84. The van der Waals surface area contributed by atoms with Crippen molar-refractivity contribution in [2.75, 3.05) is 5.32 Å². The fraction of sp³-hybridized carbons (Fsp3) is 0.0370. The van der Waals surface area contributed by atoms with Crippen LogP contribution in [-0.4, -0.2) is 5.91 Å².